The maximum absolute atomic E-state index is 12.9. The number of nitrogens with zero attached hydrogens (tertiary/aromatic N) is 1. The summed E-state index contributed by atoms with van der Waals surface area (Å²) in [5.74, 6) is 0.525. The molecule has 2 heterocycles. The number of amides is 1. The lowest BCUT2D eigenvalue weighted by atomic mass is 9.87. The van der Waals surface area contributed by atoms with Crippen molar-refractivity contribution in [3.63, 3.8) is 0 Å². The fourth-order valence-electron chi connectivity index (χ4n) is 3.21. The van der Waals surface area contributed by atoms with Crippen LogP contribution in [0.25, 0.3) is 0 Å². The topological polar surface area (TPSA) is 55.6 Å². The Bertz CT molecular complexity index is 509. The Morgan fingerprint density at radius 1 is 1.35 bits per heavy atom. The van der Waals surface area contributed by atoms with E-state index in [2.05, 4.69) is 13.0 Å². The summed E-state index contributed by atoms with van der Waals surface area (Å²) in [5.41, 5.74) is 7.88. The van der Waals surface area contributed by atoms with Gasteiger partial charge in [-0.2, -0.15) is 0 Å². The first-order chi connectivity index (χ1) is 9.60. The lowest BCUT2D eigenvalue weighted by Gasteiger charge is -2.40. The van der Waals surface area contributed by atoms with Crippen LogP contribution >= 0.6 is 0 Å². The highest BCUT2D eigenvalue weighted by Crippen LogP contribution is 2.32. The first-order valence-corrected chi connectivity index (χ1v) is 7.37. The Hall–Kier alpha value is -1.39. The highest BCUT2D eigenvalue weighted by Gasteiger charge is 2.41. The zero-order valence-corrected chi connectivity index (χ0v) is 12.0. The normalized spacial score (nSPS) is 25.1. The Labute approximate surface area is 119 Å². The summed E-state index contributed by atoms with van der Waals surface area (Å²) in [4.78, 5) is 14.8. The van der Waals surface area contributed by atoms with Crippen molar-refractivity contribution >= 4 is 11.6 Å². The van der Waals surface area contributed by atoms with Crippen molar-refractivity contribution in [1.29, 1.82) is 0 Å². The van der Waals surface area contributed by atoms with Gasteiger partial charge in [-0.1, -0.05) is 25.1 Å². The molecular formula is C16H22N2O2. The highest BCUT2D eigenvalue weighted by molar-refractivity contribution is 6.01. The van der Waals surface area contributed by atoms with Crippen LogP contribution in [-0.4, -0.2) is 31.2 Å². The minimum atomic E-state index is -0.761. The van der Waals surface area contributed by atoms with Gasteiger partial charge in [0.1, 0.15) is 5.54 Å². The molecule has 1 atom stereocenters. The van der Waals surface area contributed by atoms with Gasteiger partial charge in [-0.3, -0.25) is 4.79 Å². The maximum Gasteiger partial charge on any atom is 0.247 e. The van der Waals surface area contributed by atoms with Crippen LogP contribution < -0.4 is 10.6 Å². The summed E-state index contributed by atoms with van der Waals surface area (Å²) in [7, 11) is 0. The number of rotatable bonds is 1. The number of anilines is 1. The molecule has 1 aromatic rings. The maximum atomic E-state index is 12.9. The van der Waals surface area contributed by atoms with Crippen molar-refractivity contribution in [3.8, 4) is 0 Å². The molecule has 0 spiro atoms. The first kappa shape index (κ1) is 13.6. The van der Waals surface area contributed by atoms with E-state index in [9.17, 15) is 4.79 Å². The summed E-state index contributed by atoms with van der Waals surface area (Å²) in [5, 5.41) is 0. The lowest BCUT2D eigenvalue weighted by molar-refractivity contribution is -0.127. The van der Waals surface area contributed by atoms with Crippen LogP contribution in [0.3, 0.4) is 0 Å². The van der Waals surface area contributed by atoms with Gasteiger partial charge in [0.15, 0.2) is 0 Å². The standard InChI is InChI=1S/C16H22N2O2/c1-12-10-13-4-2-3-5-14(13)18(11-12)15(19)16(17)6-8-20-9-7-16/h2-5,12H,6-11,17H2,1H3. The molecule has 2 aliphatic heterocycles. The number of hydrogen-bond acceptors (Lipinski definition) is 3. The van der Waals surface area contributed by atoms with E-state index in [1.807, 2.05) is 23.1 Å². The summed E-state index contributed by atoms with van der Waals surface area (Å²) >= 11 is 0. The van der Waals surface area contributed by atoms with Crippen LogP contribution in [0.4, 0.5) is 5.69 Å². The van der Waals surface area contributed by atoms with Crippen molar-refractivity contribution in [2.24, 2.45) is 11.7 Å². The molecule has 3 rings (SSSR count). The molecule has 2 N–H and O–H groups in total. The van der Waals surface area contributed by atoms with Crippen LogP contribution in [0.1, 0.15) is 25.3 Å². The van der Waals surface area contributed by atoms with Gasteiger partial charge in [0.25, 0.3) is 0 Å². The van der Waals surface area contributed by atoms with Gasteiger partial charge in [-0.15, -0.1) is 0 Å². The first-order valence-electron chi connectivity index (χ1n) is 7.37. The van der Waals surface area contributed by atoms with E-state index >= 15 is 0 Å². The van der Waals surface area contributed by atoms with Crippen molar-refractivity contribution in [2.45, 2.75) is 31.7 Å². The molecule has 4 heteroatoms. The van der Waals surface area contributed by atoms with Crippen molar-refractivity contribution < 1.29 is 9.53 Å². The van der Waals surface area contributed by atoms with E-state index in [1.165, 1.54) is 5.56 Å². The monoisotopic (exact) mass is 274 g/mol. The molecule has 1 unspecified atom stereocenters. The summed E-state index contributed by atoms with van der Waals surface area (Å²) in [6.07, 6.45) is 2.25. The Morgan fingerprint density at radius 2 is 2.05 bits per heavy atom. The number of nitrogens with two attached hydrogens (primary N) is 1. The molecule has 1 saturated heterocycles. The van der Waals surface area contributed by atoms with Crippen molar-refractivity contribution in [1.82, 2.24) is 0 Å². The average Bonchev–Trinajstić information content (AvgIpc) is 2.46. The molecule has 108 valence electrons. The number of hydrogen-bond donors (Lipinski definition) is 1. The molecule has 2 aliphatic rings. The zero-order valence-electron chi connectivity index (χ0n) is 12.0. The number of carbonyl (C=O) groups is 1. The Kier molecular flexibility index (Phi) is 3.52. The number of benzene rings is 1. The molecule has 1 amide bonds. The fourth-order valence-corrected chi connectivity index (χ4v) is 3.21. The third-order valence-corrected chi connectivity index (χ3v) is 4.40. The van der Waals surface area contributed by atoms with Crippen molar-refractivity contribution in [3.05, 3.63) is 29.8 Å². The van der Waals surface area contributed by atoms with E-state index in [4.69, 9.17) is 10.5 Å². The van der Waals surface area contributed by atoms with E-state index in [0.29, 0.717) is 32.0 Å². The number of carbonyl (C=O) groups excluding carboxylic acids is 1. The molecule has 1 fully saturated rings. The van der Waals surface area contributed by atoms with Crippen LogP contribution in [0.15, 0.2) is 24.3 Å². The van der Waals surface area contributed by atoms with Crippen LogP contribution in [0, 0.1) is 5.92 Å². The van der Waals surface area contributed by atoms with E-state index < -0.39 is 5.54 Å². The van der Waals surface area contributed by atoms with E-state index in [0.717, 1.165) is 18.7 Å². The predicted octanol–water partition coefficient (Wildman–Crippen LogP) is 1.72. The second-order valence-electron chi connectivity index (χ2n) is 6.12. The SMILES string of the molecule is CC1Cc2ccccc2N(C(=O)C2(N)CCOCC2)C1. The molecule has 0 saturated carbocycles. The average molecular weight is 274 g/mol. The third-order valence-electron chi connectivity index (χ3n) is 4.40. The molecular weight excluding hydrogens is 252 g/mol. The minimum absolute atomic E-state index is 0.0554. The Balaban J connectivity index is 1.91. The minimum Gasteiger partial charge on any atom is -0.381 e. The van der Waals surface area contributed by atoms with Gasteiger partial charge in [0.05, 0.1) is 0 Å². The fraction of sp³-hybridized carbons (Fsp3) is 0.562. The van der Waals surface area contributed by atoms with E-state index in [1.54, 1.807) is 0 Å². The highest BCUT2D eigenvalue weighted by atomic mass is 16.5. The van der Waals surface area contributed by atoms with Gasteiger partial charge in [0, 0.05) is 25.4 Å². The van der Waals surface area contributed by atoms with Gasteiger partial charge in [-0.25, -0.2) is 0 Å². The van der Waals surface area contributed by atoms with E-state index in [-0.39, 0.29) is 5.91 Å². The second-order valence-corrected chi connectivity index (χ2v) is 6.12. The Morgan fingerprint density at radius 3 is 2.80 bits per heavy atom. The molecule has 20 heavy (non-hydrogen) atoms. The van der Waals surface area contributed by atoms with Gasteiger partial charge in [0.2, 0.25) is 5.91 Å². The van der Waals surface area contributed by atoms with Gasteiger partial charge < -0.3 is 15.4 Å². The number of para-hydroxylation sites is 1. The summed E-state index contributed by atoms with van der Waals surface area (Å²) < 4.78 is 5.34. The third kappa shape index (κ3) is 2.34. The van der Waals surface area contributed by atoms with Crippen LogP contribution in [0.2, 0.25) is 0 Å². The molecule has 0 bridgehead atoms. The molecule has 0 aliphatic carbocycles. The molecule has 0 radical (unpaired) electrons. The number of ether oxygens (including phenoxy) is 1. The largest absolute Gasteiger partial charge is 0.381 e. The van der Waals surface area contributed by atoms with Gasteiger partial charge >= 0.3 is 0 Å². The molecule has 0 aromatic heterocycles. The molecule has 4 nitrogen and oxygen atoms in total. The van der Waals surface area contributed by atoms with Crippen LogP contribution in [0.5, 0.6) is 0 Å². The summed E-state index contributed by atoms with van der Waals surface area (Å²) in [6, 6.07) is 8.16. The summed E-state index contributed by atoms with van der Waals surface area (Å²) in [6.45, 7) is 4.10. The smallest absolute Gasteiger partial charge is 0.247 e. The lowest BCUT2D eigenvalue weighted by Crippen LogP contribution is -2.59. The quantitative estimate of drug-likeness (QED) is 0.848. The zero-order chi connectivity index (χ0) is 14.2. The van der Waals surface area contributed by atoms with Crippen LogP contribution in [-0.2, 0) is 16.0 Å². The van der Waals surface area contributed by atoms with Gasteiger partial charge in [-0.05, 0) is 36.8 Å². The van der Waals surface area contributed by atoms with Crippen molar-refractivity contribution in [2.75, 3.05) is 24.7 Å². The molecule has 1 aromatic carbocycles. The number of fused-ring (bicyclic) bond motifs is 1. The second kappa shape index (κ2) is 5.19. The predicted molar refractivity (Wildman–Crippen MR) is 78.6 cm³/mol.